The molecule has 1 amide bonds. The van der Waals surface area contributed by atoms with Gasteiger partial charge in [-0.15, -0.1) is 0 Å². The summed E-state index contributed by atoms with van der Waals surface area (Å²) in [5.41, 5.74) is 1.87. The maximum absolute atomic E-state index is 12.4. The molecule has 7 nitrogen and oxygen atoms in total. The van der Waals surface area contributed by atoms with Crippen LogP contribution >= 0.6 is 0 Å². The van der Waals surface area contributed by atoms with Crippen LogP contribution in [0.4, 0.5) is 5.82 Å². The number of hydrogen-bond donors (Lipinski definition) is 1. The Morgan fingerprint density at radius 3 is 2.81 bits per heavy atom. The summed E-state index contributed by atoms with van der Waals surface area (Å²) in [4.78, 5) is 23.9. The first-order valence-electron chi connectivity index (χ1n) is 9.33. The number of nitrogens with zero attached hydrogens (tertiary/aromatic N) is 2. The number of nitrogens with one attached hydrogen (secondary N) is 1. The molecule has 1 aromatic carbocycles. The highest BCUT2D eigenvalue weighted by Gasteiger charge is 2.33. The highest BCUT2D eigenvalue weighted by Crippen LogP contribution is 2.43. The minimum absolute atomic E-state index is 0.0324. The number of anilines is 1. The van der Waals surface area contributed by atoms with Crippen molar-refractivity contribution in [1.82, 2.24) is 9.78 Å². The van der Waals surface area contributed by atoms with Gasteiger partial charge in [-0.05, 0) is 18.9 Å². The van der Waals surface area contributed by atoms with E-state index in [9.17, 15) is 9.59 Å². The number of fused-ring (bicyclic) bond motifs is 1. The largest absolute Gasteiger partial charge is 0.482 e. The van der Waals surface area contributed by atoms with Gasteiger partial charge < -0.3 is 14.8 Å². The molecule has 0 bridgehead atoms. The number of benzene rings is 1. The Kier molecular flexibility index (Phi) is 4.83. The average molecular weight is 369 g/mol. The van der Waals surface area contributed by atoms with Gasteiger partial charge in [0.25, 0.3) is 0 Å². The Bertz CT molecular complexity index is 855. The molecule has 7 heteroatoms. The molecule has 2 heterocycles. The van der Waals surface area contributed by atoms with Gasteiger partial charge in [-0.1, -0.05) is 31.0 Å². The summed E-state index contributed by atoms with van der Waals surface area (Å²) in [7, 11) is 1.33. The lowest BCUT2D eigenvalue weighted by Gasteiger charge is -2.26. The molecule has 27 heavy (non-hydrogen) atoms. The summed E-state index contributed by atoms with van der Waals surface area (Å²) in [5.74, 6) is 0.752. The van der Waals surface area contributed by atoms with E-state index in [2.05, 4.69) is 15.2 Å². The van der Waals surface area contributed by atoms with Crippen LogP contribution in [-0.4, -0.2) is 35.4 Å². The summed E-state index contributed by atoms with van der Waals surface area (Å²) in [6.07, 6.45) is 6.75. The van der Waals surface area contributed by atoms with Crippen molar-refractivity contribution >= 4 is 17.7 Å². The molecule has 1 aliphatic heterocycles. The van der Waals surface area contributed by atoms with Crippen LogP contribution in [0.2, 0.25) is 0 Å². The third kappa shape index (κ3) is 3.41. The number of para-hydroxylation sites is 1. The first-order chi connectivity index (χ1) is 13.2. The van der Waals surface area contributed by atoms with Crippen molar-refractivity contribution in [2.75, 3.05) is 19.0 Å². The quantitative estimate of drug-likeness (QED) is 0.819. The molecule has 2 aromatic rings. The van der Waals surface area contributed by atoms with Gasteiger partial charge in [-0.2, -0.15) is 5.10 Å². The van der Waals surface area contributed by atoms with Crippen molar-refractivity contribution in [2.24, 2.45) is 0 Å². The summed E-state index contributed by atoms with van der Waals surface area (Å²) in [6, 6.07) is 7.85. The number of amides is 1. The van der Waals surface area contributed by atoms with E-state index < -0.39 is 5.97 Å². The zero-order valence-corrected chi connectivity index (χ0v) is 15.3. The molecular weight excluding hydrogens is 346 g/mol. The van der Waals surface area contributed by atoms with Crippen molar-refractivity contribution < 1.29 is 19.1 Å². The van der Waals surface area contributed by atoms with Gasteiger partial charge >= 0.3 is 5.97 Å². The fraction of sp³-hybridized carbons (Fsp3) is 0.450. The van der Waals surface area contributed by atoms with E-state index in [4.69, 9.17) is 4.74 Å². The number of ether oxygens (including phenoxy) is 2. The van der Waals surface area contributed by atoms with E-state index in [1.165, 1.54) is 20.0 Å². The number of rotatable bonds is 5. The Morgan fingerprint density at radius 1 is 1.26 bits per heavy atom. The minimum Gasteiger partial charge on any atom is -0.482 e. The van der Waals surface area contributed by atoms with E-state index in [1.807, 2.05) is 35.1 Å². The van der Waals surface area contributed by atoms with Crippen LogP contribution in [0.5, 0.6) is 5.75 Å². The second kappa shape index (κ2) is 7.42. The number of methoxy groups -OCH3 is 1. The third-order valence-corrected chi connectivity index (χ3v) is 5.38. The van der Waals surface area contributed by atoms with Gasteiger partial charge in [0.2, 0.25) is 5.91 Å². The van der Waals surface area contributed by atoms with Crippen molar-refractivity contribution in [2.45, 2.75) is 44.1 Å². The second-order valence-corrected chi connectivity index (χ2v) is 7.04. The van der Waals surface area contributed by atoms with E-state index in [-0.39, 0.29) is 18.4 Å². The first kappa shape index (κ1) is 17.6. The van der Waals surface area contributed by atoms with Crippen LogP contribution in [0.15, 0.2) is 30.5 Å². The molecule has 0 unspecified atom stereocenters. The molecule has 4 rings (SSSR count). The molecule has 1 aliphatic carbocycles. The fourth-order valence-corrected chi connectivity index (χ4v) is 4.04. The Labute approximate surface area is 157 Å². The van der Waals surface area contributed by atoms with E-state index in [1.54, 1.807) is 0 Å². The lowest BCUT2D eigenvalue weighted by atomic mass is 9.87. The molecule has 0 spiro atoms. The first-order valence-corrected chi connectivity index (χ1v) is 9.33. The average Bonchev–Trinajstić information content (AvgIpc) is 3.35. The van der Waals surface area contributed by atoms with Gasteiger partial charge in [0.05, 0.1) is 19.3 Å². The van der Waals surface area contributed by atoms with Crippen LogP contribution in [0.25, 0.3) is 0 Å². The Balaban J connectivity index is 1.68. The number of carbonyl (C=O) groups excluding carboxylic acids is 2. The molecule has 1 N–H and O–H groups in total. The van der Waals surface area contributed by atoms with E-state index in [0.717, 1.165) is 29.8 Å². The van der Waals surface area contributed by atoms with Gasteiger partial charge in [0, 0.05) is 23.5 Å². The lowest BCUT2D eigenvalue weighted by Crippen LogP contribution is -2.26. The normalized spacial score (nSPS) is 19.4. The zero-order chi connectivity index (χ0) is 18.8. The molecule has 1 atom stereocenters. The van der Waals surface area contributed by atoms with Gasteiger partial charge in [-0.3, -0.25) is 4.79 Å². The summed E-state index contributed by atoms with van der Waals surface area (Å²) in [6.45, 7) is -0.166. The molecule has 0 saturated heterocycles. The summed E-state index contributed by atoms with van der Waals surface area (Å²) in [5, 5.41) is 7.60. The molecule has 142 valence electrons. The fourth-order valence-electron chi connectivity index (χ4n) is 4.04. The predicted octanol–water partition coefficient (Wildman–Crippen LogP) is 3.02. The maximum Gasteiger partial charge on any atom is 0.343 e. The molecule has 2 aliphatic rings. The summed E-state index contributed by atoms with van der Waals surface area (Å²) < 4.78 is 12.3. The van der Waals surface area contributed by atoms with Crippen LogP contribution in [0.3, 0.4) is 0 Å². The van der Waals surface area contributed by atoms with Crippen molar-refractivity contribution in [1.29, 1.82) is 0 Å². The van der Waals surface area contributed by atoms with Gasteiger partial charge in [-0.25, -0.2) is 9.48 Å². The maximum atomic E-state index is 12.4. The van der Waals surface area contributed by atoms with E-state index >= 15 is 0 Å². The molecule has 1 fully saturated rings. The molecular formula is C20H23N3O4. The molecule has 0 radical (unpaired) electrons. The van der Waals surface area contributed by atoms with Crippen LogP contribution in [-0.2, 0) is 14.3 Å². The molecule has 1 saturated carbocycles. The van der Waals surface area contributed by atoms with Crippen molar-refractivity contribution in [3.63, 3.8) is 0 Å². The highest BCUT2D eigenvalue weighted by molar-refractivity contribution is 5.94. The van der Waals surface area contributed by atoms with Crippen LogP contribution in [0, 0.1) is 0 Å². The summed E-state index contributed by atoms with van der Waals surface area (Å²) >= 11 is 0. The molecule has 1 aromatic heterocycles. The van der Waals surface area contributed by atoms with Gasteiger partial charge in [0.1, 0.15) is 11.6 Å². The third-order valence-electron chi connectivity index (χ3n) is 5.38. The van der Waals surface area contributed by atoms with Crippen LogP contribution in [0.1, 0.15) is 55.2 Å². The zero-order valence-electron chi connectivity index (χ0n) is 15.3. The van der Waals surface area contributed by atoms with Crippen LogP contribution < -0.4 is 10.1 Å². The minimum atomic E-state index is -0.444. The number of hydrogen-bond acceptors (Lipinski definition) is 5. The Hall–Kier alpha value is -2.83. The highest BCUT2D eigenvalue weighted by atomic mass is 16.6. The Morgan fingerprint density at radius 2 is 2.04 bits per heavy atom. The lowest BCUT2D eigenvalue weighted by molar-refractivity contribution is -0.142. The number of aromatic nitrogens is 2. The smallest absolute Gasteiger partial charge is 0.343 e. The number of esters is 1. The second-order valence-electron chi connectivity index (χ2n) is 7.04. The topological polar surface area (TPSA) is 82.4 Å². The standard InChI is InChI=1S/C20H23N3O4/c1-26-19(25)12-27-17-9-5-4-8-14(17)15-10-18(24)22-20-16(15)11-21-23(20)13-6-2-3-7-13/h4-5,8-9,11,13,15H,2-3,6-7,10,12H2,1H3,(H,22,24)/t15-/m1/s1. The van der Waals surface area contributed by atoms with Gasteiger partial charge in [0.15, 0.2) is 6.61 Å². The monoisotopic (exact) mass is 369 g/mol. The van der Waals surface area contributed by atoms with E-state index in [0.29, 0.717) is 18.2 Å². The van der Waals surface area contributed by atoms with Crippen molar-refractivity contribution in [3.05, 3.63) is 41.6 Å². The predicted molar refractivity (Wildman–Crippen MR) is 98.8 cm³/mol. The SMILES string of the molecule is COC(=O)COc1ccccc1[C@H]1CC(=O)Nc2c1cnn2C1CCCC1. The van der Waals surface area contributed by atoms with Crippen molar-refractivity contribution in [3.8, 4) is 5.75 Å². The number of carbonyl (C=O) groups is 2.